The van der Waals surface area contributed by atoms with Crippen molar-refractivity contribution < 1.29 is 18.6 Å². The smallest absolute Gasteiger partial charge is 0.176 e. The molecule has 0 spiro atoms. The predicted molar refractivity (Wildman–Crippen MR) is 97.6 cm³/mol. The normalized spacial score (nSPS) is 12.2. The highest BCUT2D eigenvalue weighted by Gasteiger charge is 2.15. The topological polar surface area (TPSA) is 52.9 Å². The number of hydrogen-bond donors (Lipinski definition) is 1. The van der Waals surface area contributed by atoms with E-state index in [0.717, 1.165) is 39.5 Å². The highest BCUT2D eigenvalue weighted by molar-refractivity contribution is 5.83. The van der Waals surface area contributed by atoms with Crippen LogP contribution in [0.2, 0.25) is 0 Å². The number of hydrogen-bond acceptors (Lipinski definition) is 5. The van der Waals surface area contributed by atoms with Gasteiger partial charge in [0.1, 0.15) is 5.76 Å². The molecule has 0 aliphatic carbocycles. The summed E-state index contributed by atoms with van der Waals surface area (Å²) in [7, 11) is 4.93. The van der Waals surface area contributed by atoms with E-state index in [4.69, 9.17) is 18.6 Å². The fourth-order valence-electron chi connectivity index (χ4n) is 2.89. The first-order valence-corrected chi connectivity index (χ1v) is 8.17. The molecule has 132 valence electrons. The zero-order valence-electron chi connectivity index (χ0n) is 15.0. The molecule has 0 unspecified atom stereocenters. The Labute approximate surface area is 147 Å². The third-order valence-electron chi connectivity index (χ3n) is 4.26. The zero-order valence-corrected chi connectivity index (χ0v) is 15.0. The SMILES string of the molecule is COc1cccc(CN[C@H](C)c2cc3cccc(OC)c3o2)c1OC. The van der Waals surface area contributed by atoms with Gasteiger partial charge in [-0.05, 0) is 25.1 Å². The molecular formula is C20H23NO4. The number of furan rings is 1. The third kappa shape index (κ3) is 3.42. The second-order valence-corrected chi connectivity index (χ2v) is 5.78. The molecule has 3 aromatic rings. The lowest BCUT2D eigenvalue weighted by Crippen LogP contribution is -2.18. The molecule has 0 bridgehead atoms. The van der Waals surface area contributed by atoms with Crippen LogP contribution < -0.4 is 19.5 Å². The van der Waals surface area contributed by atoms with Crippen molar-refractivity contribution in [2.24, 2.45) is 0 Å². The monoisotopic (exact) mass is 341 g/mol. The average Bonchev–Trinajstić information content (AvgIpc) is 3.09. The molecule has 5 heteroatoms. The van der Waals surface area contributed by atoms with Crippen LogP contribution in [0, 0.1) is 0 Å². The van der Waals surface area contributed by atoms with Gasteiger partial charge in [-0.2, -0.15) is 0 Å². The molecule has 0 aliphatic heterocycles. The summed E-state index contributed by atoms with van der Waals surface area (Å²) in [5.41, 5.74) is 1.80. The van der Waals surface area contributed by atoms with Gasteiger partial charge in [-0.1, -0.05) is 24.3 Å². The first-order valence-electron chi connectivity index (χ1n) is 8.17. The Morgan fingerprint density at radius 3 is 2.40 bits per heavy atom. The molecule has 1 heterocycles. The van der Waals surface area contributed by atoms with Crippen molar-refractivity contribution in [3.63, 3.8) is 0 Å². The standard InChI is InChI=1S/C20H23NO4/c1-13(18-11-14-7-5-10-17(23-3)20(14)25-18)21-12-15-8-6-9-16(22-2)19(15)24-4/h5-11,13,21H,12H2,1-4H3/t13-/m1/s1. The highest BCUT2D eigenvalue weighted by atomic mass is 16.5. The summed E-state index contributed by atoms with van der Waals surface area (Å²) < 4.78 is 22.2. The van der Waals surface area contributed by atoms with Crippen molar-refractivity contribution in [1.29, 1.82) is 0 Å². The molecule has 0 amide bonds. The number of rotatable bonds is 7. The maximum Gasteiger partial charge on any atom is 0.176 e. The van der Waals surface area contributed by atoms with Crippen LogP contribution in [0.3, 0.4) is 0 Å². The van der Waals surface area contributed by atoms with Gasteiger partial charge in [-0.3, -0.25) is 0 Å². The van der Waals surface area contributed by atoms with Crippen molar-refractivity contribution >= 4 is 11.0 Å². The number of ether oxygens (including phenoxy) is 3. The summed E-state index contributed by atoms with van der Waals surface area (Å²) in [5.74, 6) is 3.07. The number of nitrogens with one attached hydrogen (secondary N) is 1. The van der Waals surface area contributed by atoms with Crippen LogP contribution in [0.15, 0.2) is 46.9 Å². The molecule has 1 aromatic heterocycles. The zero-order chi connectivity index (χ0) is 17.8. The van der Waals surface area contributed by atoms with E-state index in [9.17, 15) is 0 Å². The van der Waals surface area contributed by atoms with Crippen LogP contribution >= 0.6 is 0 Å². The van der Waals surface area contributed by atoms with E-state index in [-0.39, 0.29) is 6.04 Å². The summed E-state index contributed by atoms with van der Waals surface area (Å²) in [4.78, 5) is 0. The second-order valence-electron chi connectivity index (χ2n) is 5.78. The van der Waals surface area contributed by atoms with Gasteiger partial charge < -0.3 is 23.9 Å². The average molecular weight is 341 g/mol. The lowest BCUT2D eigenvalue weighted by Gasteiger charge is -2.15. The van der Waals surface area contributed by atoms with Crippen LogP contribution in [0.25, 0.3) is 11.0 Å². The van der Waals surface area contributed by atoms with Crippen LogP contribution in [-0.2, 0) is 6.54 Å². The van der Waals surface area contributed by atoms with E-state index in [2.05, 4.69) is 12.2 Å². The Morgan fingerprint density at radius 2 is 1.68 bits per heavy atom. The van der Waals surface area contributed by atoms with E-state index in [0.29, 0.717) is 6.54 Å². The predicted octanol–water partition coefficient (Wildman–Crippen LogP) is 4.31. The Balaban J connectivity index is 1.78. The quantitative estimate of drug-likeness (QED) is 0.694. The molecule has 5 nitrogen and oxygen atoms in total. The molecule has 0 saturated heterocycles. The van der Waals surface area contributed by atoms with Crippen molar-refractivity contribution in [1.82, 2.24) is 5.32 Å². The molecule has 3 rings (SSSR count). The molecule has 1 atom stereocenters. The maximum absolute atomic E-state index is 6.00. The Hall–Kier alpha value is -2.66. The van der Waals surface area contributed by atoms with Crippen molar-refractivity contribution in [3.8, 4) is 17.2 Å². The number of fused-ring (bicyclic) bond motifs is 1. The van der Waals surface area contributed by atoms with Gasteiger partial charge in [0.25, 0.3) is 0 Å². The lowest BCUT2D eigenvalue weighted by atomic mass is 10.1. The van der Waals surface area contributed by atoms with Crippen molar-refractivity contribution in [2.45, 2.75) is 19.5 Å². The minimum Gasteiger partial charge on any atom is -0.493 e. The summed E-state index contributed by atoms with van der Waals surface area (Å²) in [6.07, 6.45) is 0. The summed E-state index contributed by atoms with van der Waals surface area (Å²) in [6.45, 7) is 2.70. The van der Waals surface area contributed by atoms with Gasteiger partial charge in [-0.25, -0.2) is 0 Å². The fourth-order valence-corrected chi connectivity index (χ4v) is 2.89. The van der Waals surface area contributed by atoms with E-state index in [1.165, 1.54) is 0 Å². The van der Waals surface area contributed by atoms with E-state index in [1.54, 1.807) is 21.3 Å². The van der Waals surface area contributed by atoms with Gasteiger partial charge in [0.2, 0.25) is 0 Å². The molecule has 0 fully saturated rings. The van der Waals surface area contributed by atoms with E-state index in [1.807, 2.05) is 42.5 Å². The van der Waals surface area contributed by atoms with Crippen LogP contribution in [-0.4, -0.2) is 21.3 Å². The molecular weight excluding hydrogens is 318 g/mol. The summed E-state index contributed by atoms with van der Waals surface area (Å²) in [6, 6.07) is 13.8. The second kappa shape index (κ2) is 7.49. The Morgan fingerprint density at radius 1 is 0.960 bits per heavy atom. The van der Waals surface area contributed by atoms with Crippen LogP contribution in [0.4, 0.5) is 0 Å². The minimum absolute atomic E-state index is 0.0352. The molecule has 0 radical (unpaired) electrons. The molecule has 25 heavy (non-hydrogen) atoms. The number of methoxy groups -OCH3 is 3. The maximum atomic E-state index is 6.00. The van der Waals surface area contributed by atoms with Crippen LogP contribution in [0.5, 0.6) is 17.2 Å². The fraction of sp³-hybridized carbons (Fsp3) is 0.300. The Kier molecular flexibility index (Phi) is 5.14. The minimum atomic E-state index is 0.0352. The van der Waals surface area contributed by atoms with E-state index < -0.39 is 0 Å². The molecule has 2 aromatic carbocycles. The van der Waals surface area contributed by atoms with Crippen molar-refractivity contribution in [3.05, 3.63) is 53.8 Å². The summed E-state index contributed by atoms with van der Waals surface area (Å²) in [5, 5.41) is 4.50. The number of benzene rings is 2. The van der Waals surface area contributed by atoms with Crippen molar-refractivity contribution in [2.75, 3.05) is 21.3 Å². The molecule has 1 N–H and O–H groups in total. The van der Waals surface area contributed by atoms with Crippen LogP contribution in [0.1, 0.15) is 24.3 Å². The number of para-hydroxylation sites is 2. The van der Waals surface area contributed by atoms with Gasteiger partial charge in [0.15, 0.2) is 22.8 Å². The first-order chi connectivity index (χ1) is 12.2. The Bertz CT molecular complexity index is 856. The van der Waals surface area contributed by atoms with Gasteiger partial charge in [0, 0.05) is 17.5 Å². The third-order valence-corrected chi connectivity index (χ3v) is 4.26. The van der Waals surface area contributed by atoms with Gasteiger partial charge >= 0.3 is 0 Å². The van der Waals surface area contributed by atoms with E-state index >= 15 is 0 Å². The lowest BCUT2D eigenvalue weighted by molar-refractivity contribution is 0.349. The highest BCUT2D eigenvalue weighted by Crippen LogP contribution is 2.33. The summed E-state index contributed by atoms with van der Waals surface area (Å²) >= 11 is 0. The largest absolute Gasteiger partial charge is 0.493 e. The van der Waals surface area contributed by atoms with Gasteiger partial charge in [0.05, 0.1) is 27.4 Å². The van der Waals surface area contributed by atoms with Gasteiger partial charge in [-0.15, -0.1) is 0 Å². The molecule has 0 saturated carbocycles. The molecule has 0 aliphatic rings. The first kappa shape index (κ1) is 17.2.